The average Bonchev–Trinajstić information content (AvgIpc) is 3.62. The molecule has 4 heterocycles. The number of nitrogens with one attached hydrogen (secondary N) is 2. The fourth-order valence-corrected chi connectivity index (χ4v) is 8.42. The molecule has 1 amide bonds. The second-order valence-electron chi connectivity index (χ2n) is 13.9. The smallest absolute Gasteiger partial charge is 0.253 e. The van der Waals surface area contributed by atoms with Gasteiger partial charge in [-0.05, 0) is 104 Å². The Morgan fingerprint density at radius 2 is 1.85 bits per heavy atom. The van der Waals surface area contributed by atoms with Crippen molar-refractivity contribution in [3.63, 3.8) is 0 Å². The SMILES string of the molecule is Cc1cc(C2CC2)c(CN2CCC3(CC(C#N)C3)C[C@H]2c2ccc(C(=O)N3CC4(CNC4)C3)cc2)c2cc[nH]c12. The van der Waals surface area contributed by atoms with Crippen LogP contribution in [0.25, 0.3) is 10.9 Å². The number of benzene rings is 2. The largest absolute Gasteiger partial charge is 0.361 e. The van der Waals surface area contributed by atoms with Gasteiger partial charge in [-0.1, -0.05) is 18.2 Å². The van der Waals surface area contributed by atoms with Crippen molar-refractivity contribution >= 4 is 16.8 Å². The summed E-state index contributed by atoms with van der Waals surface area (Å²) in [5.74, 6) is 1.09. The van der Waals surface area contributed by atoms with E-state index in [9.17, 15) is 10.1 Å². The van der Waals surface area contributed by atoms with Crippen molar-refractivity contribution < 1.29 is 4.79 Å². The van der Waals surface area contributed by atoms with Crippen LogP contribution in [-0.2, 0) is 6.54 Å². The monoisotopic (exact) mass is 533 g/mol. The molecular weight excluding hydrogens is 494 g/mol. The highest BCUT2D eigenvalue weighted by Gasteiger charge is 2.50. The summed E-state index contributed by atoms with van der Waals surface area (Å²) in [6.45, 7) is 8.08. The molecule has 6 nitrogen and oxygen atoms in total. The molecule has 206 valence electrons. The minimum atomic E-state index is 0.167. The maximum atomic E-state index is 13.2. The van der Waals surface area contributed by atoms with Crippen LogP contribution < -0.4 is 5.32 Å². The molecular formula is C34H39N5O. The Morgan fingerprint density at radius 1 is 1.07 bits per heavy atom. The number of hydrogen-bond donors (Lipinski definition) is 2. The molecule has 3 aromatic rings. The lowest BCUT2D eigenvalue weighted by molar-refractivity contribution is -0.0297. The molecule has 0 radical (unpaired) electrons. The first-order valence-corrected chi connectivity index (χ1v) is 15.3. The number of amides is 1. The first-order chi connectivity index (χ1) is 19.4. The van der Waals surface area contributed by atoms with Crippen LogP contribution in [0.3, 0.4) is 0 Å². The second-order valence-corrected chi connectivity index (χ2v) is 13.9. The lowest BCUT2D eigenvalue weighted by atomic mass is 9.56. The van der Waals surface area contributed by atoms with Gasteiger partial charge in [-0.2, -0.15) is 5.26 Å². The van der Waals surface area contributed by atoms with Crippen molar-refractivity contribution in [3.8, 4) is 6.07 Å². The molecule has 3 aliphatic heterocycles. The number of likely N-dealkylation sites (tertiary alicyclic amines) is 2. The van der Waals surface area contributed by atoms with Gasteiger partial charge in [0.2, 0.25) is 0 Å². The summed E-state index contributed by atoms with van der Waals surface area (Å²) in [5.41, 5.74) is 8.41. The van der Waals surface area contributed by atoms with E-state index in [2.05, 4.69) is 70.8 Å². The Balaban J connectivity index is 1.08. The van der Waals surface area contributed by atoms with E-state index in [-0.39, 0.29) is 17.2 Å². The maximum absolute atomic E-state index is 13.2. The minimum absolute atomic E-state index is 0.167. The zero-order chi connectivity index (χ0) is 27.1. The number of aromatic amines is 1. The molecule has 2 spiro atoms. The number of nitrogens with zero attached hydrogens (tertiary/aromatic N) is 3. The lowest BCUT2D eigenvalue weighted by Gasteiger charge is -2.56. The summed E-state index contributed by atoms with van der Waals surface area (Å²) in [6, 6.07) is 16.1. The molecule has 5 fully saturated rings. The van der Waals surface area contributed by atoms with Crippen molar-refractivity contribution in [1.29, 1.82) is 5.26 Å². The van der Waals surface area contributed by atoms with Gasteiger partial charge in [0.1, 0.15) is 0 Å². The third-order valence-corrected chi connectivity index (χ3v) is 11.0. The molecule has 3 saturated heterocycles. The quantitative estimate of drug-likeness (QED) is 0.444. The van der Waals surface area contributed by atoms with Crippen LogP contribution in [0.2, 0.25) is 0 Å². The molecule has 1 atom stereocenters. The van der Waals surface area contributed by atoms with Gasteiger partial charge in [0, 0.05) is 72.8 Å². The third-order valence-electron chi connectivity index (χ3n) is 11.0. The van der Waals surface area contributed by atoms with Crippen LogP contribution in [-0.4, -0.2) is 53.4 Å². The average molecular weight is 534 g/mol. The molecule has 0 bridgehead atoms. The van der Waals surface area contributed by atoms with E-state index < -0.39 is 0 Å². The molecule has 2 saturated carbocycles. The summed E-state index contributed by atoms with van der Waals surface area (Å²) in [5, 5.41) is 14.3. The number of carbonyl (C=O) groups is 1. The highest BCUT2D eigenvalue weighted by atomic mass is 16.2. The summed E-state index contributed by atoms with van der Waals surface area (Å²) in [6.07, 6.45) is 9.04. The fraction of sp³-hybridized carbons (Fsp3) is 0.529. The highest BCUT2D eigenvalue weighted by Crippen LogP contribution is 2.57. The van der Waals surface area contributed by atoms with E-state index in [0.717, 1.165) is 64.1 Å². The van der Waals surface area contributed by atoms with E-state index in [1.807, 2.05) is 4.90 Å². The molecule has 0 unspecified atom stereocenters. The number of carbonyl (C=O) groups excluding carboxylic acids is 1. The number of hydrogen-bond acceptors (Lipinski definition) is 4. The van der Waals surface area contributed by atoms with Crippen molar-refractivity contribution in [1.82, 2.24) is 20.1 Å². The number of fused-ring (bicyclic) bond motifs is 1. The van der Waals surface area contributed by atoms with E-state index in [4.69, 9.17) is 0 Å². The van der Waals surface area contributed by atoms with Crippen LogP contribution in [0.15, 0.2) is 42.6 Å². The van der Waals surface area contributed by atoms with Crippen molar-refractivity contribution in [2.24, 2.45) is 16.7 Å². The zero-order valence-corrected chi connectivity index (χ0v) is 23.5. The number of H-pyrrole nitrogens is 1. The molecule has 2 aromatic carbocycles. The molecule has 2 aliphatic carbocycles. The summed E-state index contributed by atoms with van der Waals surface area (Å²) in [4.78, 5) is 21.4. The van der Waals surface area contributed by atoms with Crippen LogP contribution in [0.4, 0.5) is 0 Å². The van der Waals surface area contributed by atoms with Crippen molar-refractivity contribution in [2.75, 3.05) is 32.7 Å². The Labute approximate surface area is 236 Å². The van der Waals surface area contributed by atoms with E-state index >= 15 is 0 Å². The summed E-state index contributed by atoms with van der Waals surface area (Å²) >= 11 is 0. The second kappa shape index (κ2) is 8.93. The van der Waals surface area contributed by atoms with Gasteiger partial charge < -0.3 is 15.2 Å². The Kier molecular flexibility index (Phi) is 5.50. The van der Waals surface area contributed by atoms with Gasteiger partial charge in [-0.3, -0.25) is 9.69 Å². The fourth-order valence-electron chi connectivity index (χ4n) is 8.42. The van der Waals surface area contributed by atoms with Crippen molar-refractivity contribution in [3.05, 3.63) is 70.4 Å². The predicted molar refractivity (Wildman–Crippen MR) is 156 cm³/mol. The number of aromatic nitrogens is 1. The van der Waals surface area contributed by atoms with Gasteiger partial charge in [0.05, 0.1) is 6.07 Å². The molecule has 2 N–H and O–H groups in total. The number of piperidine rings is 1. The minimum Gasteiger partial charge on any atom is -0.361 e. The van der Waals surface area contributed by atoms with Crippen LogP contribution >= 0.6 is 0 Å². The molecule has 6 heteroatoms. The van der Waals surface area contributed by atoms with Gasteiger partial charge in [0.15, 0.2) is 0 Å². The van der Waals surface area contributed by atoms with Gasteiger partial charge in [-0.25, -0.2) is 0 Å². The lowest BCUT2D eigenvalue weighted by Crippen LogP contribution is -2.71. The number of aryl methyl sites for hydroxylation is 1. The summed E-state index contributed by atoms with van der Waals surface area (Å²) in [7, 11) is 0. The Morgan fingerprint density at radius 3 is 2.52 bits per heavy atom. The zero-order valence-electron chi connectivity index (χ0n) is 23.5. The molecule has 40 heavy (non-hydrogen) atoms. The topological polar surface area (TPSA) is 75.2 Å². The summed E-state index contributed by atoms with van der Waals surface area (Å²) < 4.78 is 0. The number of rotatable bonds is 5. The number of nitriles is 1. The standard InChI is InChI=1S/C34H39N5O/c1-22-12-28(24-2-3-24)29(27-8-10-37-31(22)27)17-38-11-9-33(13-23(14-33)16-35)15-30(38)25-4-6-26(7-5-25)32(40)39-20-34(21-39)18-36-19-34/h4-8,10,12,23-24,30,36-37H,2-3,9,11,13-15,17-21H2,1H3/t23?,30-,33?/m0/s1. The Bertz CT molecular complexity index is 1510. The van der Waals surface area contributed by atoms with Crippen LogP contribution in [0.1, 0.15) is 83.1 Å². The van der Waals surface area contributed by atoms with Gasteiger partial charge in [-0.15, -0.1) is 0 Å². The third kappa shape index (κ3) is 3.93. The predicted octanol–water partition coefficient (Wildman–Crippen LogP) is 5.66. The first kappa shape index (κ1) is 24.6. The van der Waals surface area contributed by atoms with Gasteiger partial charge in [0.25, 0.3) is 5.91 Å². The van der Waals surface area contributed by atoms with Gasteiger partial charge >= 0.3 is 0 Å². The van der Waals surface area contributed by atoms with Crippen LogP contribution in [0, 0.1) is 35.0 Å². The van der Waals surface area contributed by atoms with E-state index in [1.165, 1.54) is 46.9 Å². The molecule has 5 aliphatic rings. The van der Waals surface area contributed by atoms with Crippen LogP contribution in [0.5, 0.6) is 0 Å². The normalized spacial score (nSPS) is 29.1. The van der Waals surface area contributed by atoms with E-state index in [0.29, 0.717) is 17.4 Å². The molecule has 1 aromatic heterocycles. The molecule has 8 rings (SSSR count). The van der Waals surface area contributed by atoms with Crippen molar-refractivity contribution in [2.45, 2.75) is 64.0 Å². The van der Waals surface area contributed by atoms with E-state index in [1.54, 1.807) is 5.56 Å². The Hall–Kier alpha value is -3.14. The first-order valence-electron chi connectivity index (χ1n) is 15.3. The maximum Gasteiger partial charge on any atom is 0.253 e. The highest BCUT2D eigenvalue weighted by molar-refractivity contribution is 5.95.